The van der Waals surface area contributed by atoms with Gasteiger partial charge in [0.2, 0.25) is 0 Å². The van der Waals surface area contributed by atoms with E-state index in [4.69, 9.17) is 21.7 Å². The summed E-state index contributed by atoms with van der Waals surface area (Å²) in [7, 11) is 0. The Hall–Kier alpha value is -2.08. The molecule has 0 fully saturated rings. The molecule has 0 bridgehead atoms. The van der Waals surface area contributed by atoms with Crippen molar-refractivity contribution >= 4 is 17.6 Å². The predicted molar refractivity (Wildman–Crippen MR) is 63.3 cm³/mol. The molecule has 0 unspecified atom stereocenters. The number of carboxylic acids is 2. The number of aliphatic carboxylic acids is 2. The molecular formula is C11H16N2O4. The van der Waals surface area contributed by atoms with E-state index in [0.717, 1.165) is 5.69 Å². The molecule has 0 spiro atoms. The fraction of sp³-hybridized carbons (Fsp3) is 0.273. The molecule has 0 saturated heterocycles. The van der Waals surface area contributed by atoms with Crippen molar-refractivity contribution in [1.29, 1.82) is 0 Å². The molecule has 6 heteroatoms. The molecule has 0 amide bonds. The van der Waals surface area contributed by atoms with Crippen molar-refractivity contribution in [3.05, 3.63) is 30.3 Å². The van der Waals surface area contributed by atoms with Gasteiger partial charge in [-0.2, -0.15) is 0 Å². The van der Waals surface area contributed by atoms with E-state index in [1.165, 1.54) is 0 Å². The number of rotatable bonds is 4. The molecule has 1 rings (SSSR count). The summed E-state index contributed by atoms with van der Waals surface area (Å²) in [4.78, 5) is 19.9. The quantitative estimate of drug-likeness (QED) is 0.568. The van der Waals surface area contributed by atoms with Crippen LogP contribution in [-0.2, 0) is 9.59 Å². The zero-order valence-electron chi connectivity index (χ0n) is 9.24. The summed E-state index contributed by atoms with van der Waals surface area (Å²) < 4.78 is 0. The molecule has 0 aliphatic rings. The predicted octanol–water partition coefficient (Wildman–Crippen LogP) is 0.532. The fourth-order valence-corrected chi connectivity index (χ4v) is 0.855. The van der Waals surface area contributed by atoms with Crippen LogP contribution in [0.25, 0.3) is 0 Å². The van der Waals surface area contributed by atoms with Gasteiger partial charge in [-0.25, -0.2) is 0 Å². The summed E-state index contributed by atoms with van der Waals surface area (Å²) in [6.07, 6.45) is -0.224. The Labute approximate surface area is 98.9 Å². The van der Waals surface area contributed by atoms with Gasteiger partial charge in [0, 0.05) is 12.1 Å². The summed E-state index contributed by atoms with van der Waals surface area (Å²) in [6.45, 7) is 0. The van der Waals surface area contributed by atoms with Crippen molar-refractivity contribution in [2.75, 3.05) is 5.73 Å². The first-order valence-electron chi connectivity index (χ1n) is 4.94. The third-order valence-corrected chi connectivity index (χ3v) is 1.79. The van der Waals surface area contributed by atoms with Crippen LogP contribution < -0.4 is 11.5 Å². The molecule has 17 heavy (non-hydrogen) atoms. The van der Waals surface area contributed by atoms with Crippen LogP contribution >= 0.6 is 0 Å². The Morgan fingerprint density at radius 1 is 1.18 bits per heavy atom. The second-order valence-corrected chi connectivity index (χ2v) is 3.29. The Morgan fingerprint density at radius 3 is 2.00 bits per heavy atom. The van der Waals surface area contributed by atoms with Gasteiger partial charge in [-0.1, -0.05) is 18.2 Å². The normalized spacial score (nSPS) is 10.9. The smallest absolute Gasteiger partial charge is 0.320 e. The van der Waals surface area contributed by atoms with Crippen LogP contribution in [0, 0.1) is 0 Å². The van der Waals surface area contributed by atoms with E-state index in [1.807, 2.05) is 30.3 Å². The number of hydrogen-bond acceptors (Lipinski definition) is 4. The van der Waals surface area contributed by atoms with Gasteiger partial charge < -0.3 is 21.7 Å². The number of hydrogen-bond donors (Lipinski definition) is 4. The highest BCUT2D eigenvalue weighted by atomic mass is 16.4. The molecule has 1 aromatic rings. The van der Waals surface area contributed by atoms with Gasteiger partial charge in [-0.15, -0.1) is 0 Å². The van der Waals surface area contributed by atoms with Crippen LogP contribution in [0.3, 0.4) is 0 Å². The van der Waals surface area contributed by atoms with Gasteiger partial charge in [0.25, 0.3) is 0 Å². The first kappa shape index (κ1) is 14.9. The van der Waals surface area contributed by atoms with Gasteiger partial charge in [-0.3, -0.25) is 9.59 Å². The number of carboxylic acid groups (broad SMARTS) is 2. The van der Waals surface area contributed by atoms with Crippen molar-refractivity contribution in [3.8, 4) is 0 Å². The minimum Gasteiger partial charge on any atom is -0.481 e. The zero-order valence-corrected chi connectivity index (χ0v) is 9.24. The summed E-state index contributed by atoms with van der Waals surface area (Å²) >= 11 is 0. The largest absolute Gasteiger partial charge is 0.481 e. The summed E-state index contributed by atoms with van der Waals surface area (Å²) in [5, 5.41) is 16.3. The highest BCUT2D eigenvalue weighted by molar-refractivity contribution is 5.74. The SMILES string of the molecule is N[C@@H](CCC(=O)O)C(=O)O.Nc1ccccc1. The van der Waals surface area contributed by atoms with Gasteiger partial charge in [0.1, 0.15) is 6.04 Å². The summed E-state index contributed by atoms with van der Waals surface area (Å²) in [5.41, 5.74) is 11.2. The number of nitrogen functional groups attached to an aromatic ring is 1. The Balaban J connectivity index is 0.000000318. The number of carbonyl (C=O) groups is 2. The molecule has 0 aromatic heterocycles. The average molecular weight is 240 g/mol. The number of anilines is 1. The molecule has 0 aliphatic carbocycles. The summed E-state index contributed by atoms with van der Waals surface area (Å²) in [6, 6.07) is 8.43. The molecule has 6 N–H and O–H groups in total. The minimum atomic E-state index is -1.17. The lowest BCUT2D eigenvalue weighted by Crippen LogP contribution is -2.30. The van der Waals surface area contributed by atoms with Crippen LogP contribution in [0.2, 0.25) is 0 Å². The van der Waals surface area contributed by atoms with Gasteiger partial charge >= 0.3 is 11.9 Å². The molecule has 0 radical (unpaired) electrons. The van der Waals surface area contributed by atoms with E-state index in [-0.39, 0.29) is 12.8 Å². The molecule has 94 valence electrons. The van der Waals surface area contributed by atoms with Crippen molar-refractivity contribution in [2.45, 2.75) is 18.9 Å². The number of para-hydroxylation sites is 1. The summed E-state index contributed by atoms with van der Waals surface area (Å²) in [5.74, 6) is -2.20. The van der Waals surface area contributed by atoms with Crippen LogP contribution in [0.1, 0.15) is 12.8 Å². The molecule has 1 atom stereocenters. The molecule has 0 aliphatic heterocycles. The number of nitrogens with two attached hydrogens (primary N) is 2. The highest BCUT2D eigenvalue weighted by Crippen LogP contribution is 1.96. The molecule has 0 heterocycles. The standard InChI is InChI=1S/C6H7N.C5H9NO4/c7-6-4-2-1-3-5-6;6-3(5(9)10)1-2-4(7)8/h1-5H,7H2;3H,1-2,6H2,(H,7,8)(H,9,10)/t;3-/m.0/s1. The van der Waals surface area contributed by atoms with Crippen molar-refractivity contribution in [2.24, 2.45) is 5.73 Å². The molecule has 0 saturated carbocycles. The Morgan fingerprint density at radius 2 is 1.71 bits per heavy atom. The first-order valence-corrected chi connectivity index (χ1v) is 4.94. The topological polar surface area (TPSA) is 127 Å². The molecule has 6 nitrogen and oxygen atoms in total. The van der Waals surface area contributed by atoms with E-state index in [0.29, 0.717) is 0 Å². The number of benzene rings is 1. The molecule has 1 aromatic carbocycles. The van der Waals surface area contributed by atoms with Crippen LogP contribution in [-0.4, -0.2) is 28.2 Å². The van der Waals surface area contributed by atoms with Crippen LogP contribution in [0.5, 0.6) is 0 Å². The van der Waals surface area contributed by atoms with Gasteiger partial charge in [0.05, 0.1) is 0 Å². The lowest BCUT2D eigenvalue weighted by molar-refractivity contribution is -0.139. The third-order valence-electron chi connectivity index (χ3n) is 1.79. The van der Waals surface area contributed by atoms with Crippen LogP contribution in [0.4, 0.5) is 5.69 Å². The first-order chi connectivity index (χ1) is 7.93. The second kappa shape index (κ2) is 8.12. The van der Waals surface area contributed by atoms with E-state index < -0.39 is 18.0 Å². The van der Waals surface area contributed by atoms with E-state index in [1.54, 1.807) is 0 Å². The van der Waals surface area contributed by atoms with E-state index in [9.17, 15) is 9.59 Å². The third kappa shape index (κ3) is 8.88. The average Bonchev–Trinajstić information content (AvgIpc) is 2.27. The fourth-order valence-electron chi connectivity index (χ4n) is 0.855. The van der Waals surface area contributed by atoms with Crippen LogP contribution in [0.15, 0.2) is 30.3 Å². The molecular weight excluding hydrogens is 224 g/mol. The lowest BCUT2D eigenvalue weighted by atomic mass is 10.2. The van der Waals surface area contributed by atoms with E-state index in [2.05, 4.69) is 0 Å². The zero-order chi connectivity index (χ0) is 13.3. The Bertz CT molecular complexity index is 354. The second-order valence-electron chi connectivity index (χ2n) is 3.29. The maximum Gasteiger partial charge on any atom is 0.320 e. The van der Waals surface area contributed by atoms with Gasteiger partial charge in [-0.05, 0) is 18.6 Å². The van der Waals surface area contributed by atoms with Crippen molar-refractivity contribution in [3.63, 3.8) is 0 Å². The highest BCUT2D eigenvalue weighted by Gasteiger charge is 2.12. The van der Waals surface area contributed by atoms with Crippen molar-refractivity contribution in [1.82, 2.24) is 0 Å². The Kier molecular flexibility index (Phi) is 7.12. The lowest BCUT2D eigenvalue weighted by Gasteiger charge is -2.01. The van der Waals surface area contributed by atoms with E-state index >= 15 is 0 Å². The van der Waals surface area contributed by atoms with Gasteiger partial charge in [0.15, 0.2) is 0 Å². The maximum absolute atomic E-state index is 9.99. The monoisotopic (exact) mass is 240 g/mol. The minimum absolute atomic E-state index is 0.0231. The van der Waals surface area contributed by atoms with Crippen molar-refractivity contribution < 1.29 is 19.8 Å². The maximum atomic E-state index is 9.99.